The molecule has 2 fully saturated rings. The Morgan fingerprint density at radius 1 is 1.34 bits per heavy atom. The van der Waals surface area contributed by atoms with Crippen molar-refractivity contribution in [3.63, 3.8) is 0 Å². The fourth-order valence-corrected chi connectivity index (χ4v) is 4.44. The number of ether oxygens (including phenoxy) is 1. The third kappa shape index (κ3) is 4.16. The molecule has 2 aromatic heterocycles. The van der Waals surface area contributed by atoms with Gasteiger partial charge in [0.15, 0.2) is 5.82 Å². The number of carbonyl (C=O) groups excluding carboxylic acids is 1. The summed E-state index contributed by atoms with van der Waals surface area (Å²) in [7, 11) is 0. The Morgan fingerprint density at radius 3 is 2.79 bits per heavy atom. The first-order valence-corrected chi connectivity index (χ1v) is 10.4. The minimum atomic E-state index is -0.313. The smallest absolute Gasteiger partial charge is 0.257 e. The largest absolute Gasteiger partial charge is 0.393 e. The van der Waals surface area contributed by atoms with Crippen molar-refractivity contribution < 1.29 is 14.6 Å². The molecule has 0 aliphatic carbocycles. The van der Waals surface area contributed by atoms with Gasteiger partial charge in [0.1, 0.15) is 0 Å². The van der Waals surface area contributed by atoms with Crippen LogP contribution in [-0.4, -0.2) is 61.8 Å². The van der Waals surface area contributed by atoms with E-state index in [4.69, 9.17) is 4.74 Å². The van der Waals surface area contributed by atoms with Gasteiger partial charge in [-0.25, -0.2) is 9.97 Å². The number of aliphatic hydroxyl groups is 1. The molecule has 1 amide bonds. The number of nitrogens with zero attached hydrogens (tertiary/aromatic N) is 4. The number of piperidine rings is 1. The average Bonchev–Trinajstić information content (AvgIpc) is 2.74. The summed E-state index contributed by atoms with van der Waals surface area (Å²) in [5.41, 5.74) is 1.72. The minimum Gasteiger partial charge on any atom is -0.393 e. The Labute approximate surface area is 171 Å². The summed E-state index contributed by atoms with van der Waals surface area (Å²) in [6.45, 7) is 5.16. The first-order chi connectivity index (χ1) is 14.0. The molecule has 4 heterocycles. The number of aryl methyl sites for hydroxylation is 1. The molecular weight excluding hydrogens is 368 g/mol. The van der Waals surface area contributed by atoms with E-state index in [0.29, 0.717) is 43.0 Å². The molecule has 7 heteroatoms. The lowest BCUT2D eigenvalue weighted by Gasteiger charge is -2.47. The maximum absolute atomic E-state index is 13.1. The van der Waals surface area contributed by atoms with E-state index < -0.39 is 0 Å². The summed E-state index contributed by atoms with van der Waals surface area (Å²) in [5.74, 6) is 0.526. The number of likely N-dealkylation sites (tertiary alicyclic amines) is 1. The van der Waals surface area contributed by atoms with Gasteiger partial charge in [-0.3, -0.25) is 9.78 Å². The van der Waals surface area contributed by atoms with Crippen molar-refractivity contribution >= 4 is 5.91 Å². The Bertz CT molecular complexity index is 866. The van der Waals surface area contributed by atoms with Gasteiger partial charge in [-0.1, -0.05) is 6.92 Å². The molecule has 2 aliphatic heterocycles. The molecule has 0 saturated carbocycles. The molecule has 7 nitrogen and oxygen atoms in total. The van der Waals surface area contributed by atoms with E-state index in [1.807, 2.05) is 24.0 Å². The van der Waals surface area contributed by atoms with E-state index in [1.54, 1.807) is 18.6 Å². The van der Waals surface area contributed by atoms with Crippen LogP contribution in [0.1, 0.15) is 55.1 Å². The van der Waals surface area contributed by atoms with Gasteiger partial charge in [-0.15, -0.1) is 0 Å². The molecule has 0 bridgehead atoms. The van der Waals surface area contributed by atoms with E-state index >= 15 is 0 Å². The van der Waals surface area contributed by atoms with Crippen LogP contribution >= 0.6 is 0 Å². The van der Waals surface area contributed by atoms with Crippen LogP contribution in [0.4, 0.5) is 0 Å². The lowest BCUT2D eigenvalue weighted by atomic mass is 9.81. The van der Waals surface area contributed by atoms with Gasteiger partial charge in [0.25, 0.3) is 5.91 Å². The number of hydrogen-bond donors (Lipinski definition) is 1. The van der Waals surface area contributed by atoms with E-state index in [9.17, 15) is 9.90 Å². The SMILES string of the molecule is CC[C@H]1C[C@@H](O)CC2(CCN(C(=O)c3cnc(-c4cccnc4)nc3C)CC2)O1. The van der Waals surface area contributed by atoms with Gasteiger partial charge in [0.05, 0.1) is 29.1 Å². The number of aliphatic hydroxyl groups excluding tert-OH is 1. The summed E-state index contributed by atoms with van der Waals surface area (Å²) >= 11 is 0. The summed E-state index contributed by atoms with van der Waals surface area (Å²) < 4.78 is 6.33. The lowest BCUT2D eigenvalue weighted by molar-refractivity contribution is -0.179. The van der Waals surface area contributed by atoms with Crippen LogP contribution in [0.25, 0.3) is 11.4 Å². The van der Waals surface area contributed by atoms with Crippen LogP contribution in [0.5, 0.6) is 0 Å². The molecule has 29 heavy (non-hydrogen) atoms. The highest BCUT2D eigenvalue weighted by Crippen LogP contribution is 2.38. The number of hydrogen-bond acceptors (Lipinski definition) is 6. The Balaban J connectivity index is 1.45. The van der Waals surface area contributed by atoms with Crippen molar-refractivity contribution in [3.05, 3.63) is 42.0 Å². The highest BCUT2D eigenvalue weighted by molar-refractivity contribution is 5.95. The lowest BCUT2D eigenvalue weighted by Crippen LogP contribution is -2.53. The van der Waals surface area contributed by atoms with Gasteiger partial charge in [-0.05, 0) is 44.7 Å². The van der Waals surface area contributed by atoms with Crippen LogP contribution in [0.15, 0.2) is 30.7 Å². The molecule has 1 N–H and O–H groups in total. The molecule has 0 unspecified atom stereocenters. The number of amides is 1. The first-order valence-electron chi connectivity index (χ1n) is 10.4. The van der Waals surface area contributed by atoms with Crippen molar-refractivity contribution in [2.75, 3.05) is 13.1 Å². The van der Waals surface area contributed by atoms with Crippen molar-refractivity contribution in [1.82, 2.24) is 19.9 Å². The number of carbonyl (C=O) groups is 1. The zero-order valence-electron chi connectivity index (χ0n) is 17.0. The first kappa shape index (κ1) is 19.9. The standard InChI is InChI=1S/C22H28N4O3/c1-3-18-11-17(27)12-22(29-18)6-9-26(10-7-22)21(28)19-14-24-20(25-15(19)2)16-5-4-8-23-13-16/h4-5,8,13-14,17-18,27H,3,6-7,9-12H2,1-2H3/t17-,18+/m1/s1. The minimum absolute atomic E-state index is 0.0431. The quantitative estimate of drug-likeness (QED) is 0.858. The fraction of sp³-hybridized carbons (Fsp3) is 0.545. The summed E-state index contributed by atoms with van der Waals surface area (Å²) in [6, 6.07) is 3.74. The van der Waals surface area contributed by atoms with Crippen molar-refractivity contribution in [3.8, 4) is 11.4 Å². The van der Waals surface area contributed by atoms with Gasteiger partial charge in [0.2, 0.25) is 0 Å². The van der Waals surface area contributed by atoms with Crippen LogP contribution in [0, 0.1) is 6.92 Å². The van der Waals surface area contributed by atoms with Crippen LogP contribution in [-0.2, 0) is 4.74 Å². The number of rotatable bonds is 3. The number of pyridine rings is 1. The second-order valence-electron chi connectivity index (χ2n) is 8.15. The molecule has 4 rings (SSSR count). The van der Waals surface area contributed by atoms with Crippen molar-refractivity contribution in [2.24, 2.45) is 0 Å². The van der Waals surface area contributed by atoms with Gasteiger partial charge in [-0.2, -0.15) is 0 Å². The maximum Gasteiger partial charge on any atom is 0.257 e. The molecule has 2 atom stereocenters. The normalized spacial score (nSPS) is 23.9. The zero-order chi connectivity index (χ0) is 20.4. The van der Waals surface area contributed by atoms with E-state index in [0.717, 1.165) is 24.8 Å². The predicted molar refractivity (Wildman–Crippen MR) is 108 cm³/mol. The van der Waals surface area contributed by atoms with Crippen molar-refractivity contribution in [1.29, 1.82) is 0 Å². The number of aromatic nitrogens is 3. The van der Waals surface area contributed by atoms with Gasteiger partial charge >= 0.3 is 0 Å². The Morgan fingerprint density at radius 2 is 2.14 bits per heavy atom. The molecular formula is C22H28N4O3. The average molecular weight is 396 g/mol. The van der Waals surface area contributed by atoms with Gasteiger partial charge < -0.3 is 14.7 Å². The third-order valence-electron chi connectivity index (χ3n) is 6.11. The second-order valence-corrected chi connectivity index (χ2v) is 8.15. The van der Waals surface area contributed by atoms with E-state index in [-0.39, 0.29) is 23.7 Å². The second kappa shape index (κ2) is 8.16. The summed E-state index contributed by atoms with van der Waals surface area (Å²) in [6.07, 6.45) is 8.60. The van der Waals surface area contributed by atoms with Crippen LogP contribution in [0.2, 0.25) is 0 Å². The van der Waals surface area contributed by atoms with Crippen LogP contribution in [0.3, 0.4) is 0 Å². The predicted octanol–water partition coefficient (Wildman–Crippen LogP) is 2.77. The van der Waals surface area contributed by atoms with Crippen molar-refractivity contribution in [2.45, 2.75) is 63.8 Å². The van der Waals surface area contributed by atoms with E-state index in [2.05, 4.69) is 21.9 Å². The molecule has 0 radical (unpaired) electrons. The fourth-order valence-electron chi connectivity index (χ4n) is 4.44. The zero-order valence-corrected chi connectivity index (χ0v) is 17.0. The molecule has 154 valence electrons. The molecule has 1 spiro atoms. The maximum atomic E-state index is 13.1. The highest BCUT2D eigenvalue weighted by atomic mass is 16.5. The molecule has 2 aliphatic rings. The third-order valence-corrected chi connectivity index (χ3v) is 6.11. The molecule has 2 saturated heterocycles. The van der Waals surface area contributed by atoms with Gasteiger partial charge in [0, 0.05) is 43.7 Å². The topological polar surface area (TPSA) is 88.4 Å². The molecule has 2 aromatic rings. The Kier molecular flexibility index (Phi) is 5.61. The highest BCUT2D eigenvalue weighted by Gasteiger charge is 2.43. The summed E-state index contributed by atoms with van der Waals surface area (Å²) in [4.78, 5) is 27.9. The Hall–Kier alpha value is -2.38. The monoisotopic (exact) mass is 396 g/mol. The summed E-state index contributed by atoms with van der Waals surface area (Å²) in [5, 5.41) is 10.3. The van der Waals surface area contributed by atoms with Crippen LogP contribution < -0.4 is 0 Å². The molecule has 0 aromatic carbocycles. The van der Waals surface area contributed by atoms with E-state index in [1.165, 1.54) is 0 Å².